The molecule has 2 fully saturated rings. The van der Waals surface area contributed by atoms with Gasteiger partial charge in [0.2, 0.25) is 0 Å². The summed E-state index contributed by atoms with van der Waals surface area (Å²) in [5.74, 6) is 0.900. The van der Waals surface area contributed by atoms with Gasteiger partial charge in [0.25, 0.3) is 0 Å². The molecule has 0 radical (unpaired) electrons. The van der Waals surface area contributed by atoms with E-state index < -0.39 is 5.97 Å². The Morgan fingerprint density at radius 1 is 1.35 bits per heavy atom. The van der Waals surface area contributed by atoms with Gasteiger partial charge in [-0.15, -0.1) is 0 Å². The van der Waals surface area contributed by atoms with Gasteiger partial charge in [-0.1, -0.05) is 12.8 Å². The molecule has 0 aromatic carbocycles. The molecule has 0 heterocycles. The zero-order valence-electron chi connectivity index (χ0n) is 11.0. The lowest BCUT2D eigenvalue weighted by Gasteiger charge is -2.49. The van der Waals surface area contributed by atoms with E-state index >= 15 is 0 Å². The highest BCUT2D eigenvalue weighted by atomic mass is 16.4. The van der Waals surface area contributed by atoms with Gasteiger partial charge in [0, 0.05) is 5.54 Å². The number of carboxylic acids is 1. The van der Waals surface area contributed by atoms with E-state index in [0.717, 1.165) is 31.1 Å². The van der Waals surface area contributed by atoms with Gasteiger partial charge < -0.3 is 10.8 Å². The van der Waals surface area contributed by atoms with Crippen LogP contribution in [-0.2, 0) is 4.79 Å². The first-order valence-corrected chi connectivity index (χ1v) is 6.85. The van der Waals surface area contributed by atoms with Crippen molar-refractivity contribution in [1.82, 2.24) is 0 Å². The molecule has 3 nitrogen and oxygen atoms in total. The third-order valence-corrected chi connectivity index (χ3v) is 5.03. The highest BCUT2D eigenvalue weighted by molar-refractivity contribution is 5.68. The maximum atomic E-state index is 11.2. The quantitative estimate of drug-likeness (QED) is 0.793. The molecule has 0 aromatic heterocycles. The molecule has 2 unspecified atom stereocenters. The first-order chi connectivity index (χ1) is 7.84. The van der Waals surface area contributed by atoms with Gasteiger partial charge in [-0.2, -0.15) is 0 Å². The third kappa shape index (κ3) is 2.65. The fourth-order valence-electron chi connectivity index (χ4n) is 3.64. The molecule has 0 aliphatic heterocycles. The number of hydrogen-bond acceptors (Lipinski definition) is 2. The molecule has 0 spiro atoms. The molecule has 2 rings (SSSR count). The molecule has 3 heteroatoms. The molecular weight excluding hydrogens is 214 g/mol. The Kier molecular flexibility index (Phi) is 3.23. The number of hydrogen-bond donors (Lipinski definition) is 2. The van der Waals surface area contributed by atoms with Gasteiger partial charge in [0.15, 0.2) is 0 Å². The number of aliphatic carboxylic acids is 1. The van der Waals surface area contributed by atoms with Gasteiger partial charge in [0.1, 0.15) is 0 Å². The Hall–Kier alpha value is -0.570. The van der Waals surface area contributed by atoms with E-state index in [9.17, 15) is 9.90 Å². The van der Waals surface area contributed by atoms with Gasteiger partial charge in [-0.3, -0.25) is 4.79 Å². The van der Waals surface area contributed by atoms with E-state index in [1.807, 2.05) is 13.8 Å². The molecule has 17 heavy (non-hydrogen) atoms. The highest BCUT2D eigenvalue weighted by Crippen LogP contribution is 2.54. The van der Waals surface area contributed by atoms with Gasteiger partial charge in [0.05, 0.1) is 6.42 Å². The Balaban J connectivity index is 2.16. The second kappa shape index (κ2) is 4.27. The van der Waals surface area contributed by atoms with Gasteiger partial charge in [-0.05, 0) is 56.8 Å². The average molecular weight is 239 g/mol. The van der Waals surface area contributed by atoms with E-state index in [1.54, 1.807) is 0 Å². The van der Waals surface area contributed by atoms with Crippen molar-refractivity contribution >= 4 is 5.97 Å². The molecule has 98 valence electrons. The predicted octanol–water partition coefficient (Wildman–Crippen LogP) is 2.79. The van der Waals surface area contributed by atoms with E-state index in [4.69, 9.17) is 5.73 Å². The van der Waals surface area contributed by atoms with Crippen LogP contribution in [0.4, 0.5) is 0 Å². The first-order valence-electron chi connectivity index (χ1n) is 6.85. The molecule has 0 amide bonds. The van der Waals surface area contributed by atoms with Crippen LogP contribution in [0.3, 0.4) is 0 Å². The SMILES string of the molecule is CC(C)(N)C1(CC(=O)O)CCCC(C2CC2)C1. The molecule has 3 N–H and O–H groups in total. The summed E-state index contributed by atoms with van der Waals surface area (Å²) in [5.41, 5.74) is 5.73. The van der Waals surface area contributed by atoms with E-state index in [-0.39, 0.29) is 17.4 Å². The minimum atomic E-state index is -0.694. The number of rotatable bonds is 4. The summed E-state index contributed by atoms with van der Waals surface area (Å²) < 4.78 is 0. The van der Waals surface area contributed by atoms with Crippen LogP contribution in [0, 0.1) is 17.3 Å². The van der Waals surface area contributed by atoms with E-state index in [1.165, 1.54) is 19.3 Å². The number of nitrogens with two attached hydrogens (primary N) is 1. The Bertz CT molecular complexity index is 304. The van der Waals surface area contributed by atoms with Crippen LogP contribution in [-0.4, -0.2) is 16.6 Å². The monoisotopic (exact) mass is 239 g/mol. The zero-order chi connectivity index (χ0) is 12.7. The van der Waals surface area contributed by atoms with Gasteiger partial charge >= 0.3 is 5.97 Å². The summed E-state index contributed by atoms with van der Waals surface area (Å²) in [6, 6.07) is 0. The van der Waals surface area contributed by atoms with Crippen molar-refractivity contribution in [3.63, 3.8) is 0 Å². The topological polar surface area (TPSA) is 63.3 Å². The standard InChI is InChI=1S/C14H25NO2/c1-13(2,15)14(9-12(16)17)7-3-4-11(8-14)10-5-6-10/h10-11H,3-9,15H2,1-2H3,(H,16,17). The van der Waals surface area contributed by atoms with Gasteiger partial charge in [-0.25, -0.2) is 0 Å². The van der Waals surface area contributed by atoms with Crippen molar-refractivity contribution in [2.75, 3.05) is 0 Å². The average Bonchev–Trinajstić information content (AvgIpc) is 2.98. The first kappa shape index (κ1) is 12.9. The fraction of sp³-hybridized carbons (Fsp3) is 0.929. The second-order valence-corrected chi connectivity index (χ2v) is 6.77. The summed E-state index contributed by atoms with van der Waals surface area (Å²) in [6.07, 6.45) is 7.36. The van der Waals surface area contributed by atoms with Crippen LogP contribution in [0.15, 0.2) is 0 Å². The Labute approximate surface area is 104 Å². The number of carbonyl (C=O) groups is 1. The van der Waals surface area contributed by atoms with Crippen LogP contribution in [0.5, 0.6) is 0 Å². The van der Waals surface area contributed by atoms with Crippen molar-refractivity contribution in [2.24, 2.45) is 23.0 Å². The van der Waals surface area contributed by atoms with Crippen molar-refractivity contribution in [2.45, 2.75) is 64.3 Å². The van der Waals surface area contributed by atoms with E-state index in [2.05, 4.69) is 0 Å². The van der Waals surface area contributed by atoms with Crippen LogP contribution in [0.2, 0.25) is 0 Å². The molecule has 0 aromatic rings. The van der Waals surface area contributed by atoms with Crippen LogP contribution < -0.4 is 5.73 Å². The normalized spacial score (nSPS) is 34.6. The number of carboxylic acid groups (broad SMARTS) is 1. The smallest absolute Gasteiger partial charge is 0.303 e. The van der Waals surface area contributed by atoms with Crippen molar-refractivity contribution in [1.29, 1.82) is 0 Å². The summed E-state index contributed by atoms with van der Waals surface area (Å²) in [5, 5.41) is 9.18. The Morgan fingerprint density at radius 2 is 2.00 bits per heavy atom. The molecule has 2 aliphatic rings. The second-order valence-electron chi connectivity index (χ2n) is 6.77. The fourth-order valence-corrected chi connectivity index (χ4v) is 3.64. The van der Waals surface area contributed by atoms with Crippen LogP contribution in [0.1, 0.15) is 58.8 Å². The summed E-state index contributed by atoms with van der Waals surface area (Å²) >= 11 is 0. The Morgan fingerprint density at radius 3 is 2.47 bits per heavy atom. The zero-order valence-corrected chi connectivity index (χ0v) is 11.0. The van der Waals surface area contributed by atoms with Crippen molar-refractivity contribution in [3.8, 4) is 0 Å². The lowest BCUT2D eigenvalue weighted by Crippen LogP contribution is -2.54. The molecule has 2 aliphatic carbocycles. The minimum Gasteiger partial charge on any atom is -0.481 e. The summed E-state index contributed by atoms with van der Waals surface area (Å²) in [6.45, 7) is 4.01. The van der Waals surface area contributed by atoms with Crippen LogP contribution >= 0.6 is 0 Å². The molecular formula is C14H25NO2. The van der Waals surface area contributed by atoms with Crippen molar-refractivity contribution < 1.29 is 9.90 Å². The molecule has 2 atom stereocenters. The maximum absolute atomic E-state index is 11.2. The van der Waals surface area contributed by atoms with E-state index in [0.29, 0.717) is 0 Å². The lowest BCUT2D eigenvalue weighted by atomic mass is 9.58. The minimum absolute atomic E-state index is 0.190. The molecule has 0 saturated heterocycles. The molecule has 2 saturated carbocycles. The largest absolute Gasteiger partial charge is 0.481 e. The predicted molar refractivity (Wildman–Crippen MR) is 67.6 cm³/mol. The third-order valence-electron chi connectivity index (χ3n) is 5.03. The summed E-state index contributed by atoms with van der Waals surface area (Å²) in [4.78, 5) is 11.2. The summed E-state index contributed by atoms with van der Waals surface area (Å²) in [7, 11) is 0. The molecule has 0 bridgehead atoms. The van der Waals surface area contributed by atoms with Crippen LogP contribution in [0.25, 0.3) is 0 Å². The van der Waals surface area contributed by atoms with Crippen molar-refractivity contribution in [3.05, 3.63) is 0 Å². The highest BCUT2D eigenvalue weighted by Gasteiger charge is 2.49. The maximum Gasteiger partial charge on any atom is 0.303 e. The lowest BCUT2D eigenvalue weighted by molar-refractivity contribution is -0.142.